The number of para-hydroxylation sites is 2. The second kappa shape index (κ2) is 9.25. The molecule has 2 aromatic carbocycles. The monoisotopic (exact) mass is 333 g/mol. The predicted octanol–water partition coefficient (Wildman–Crippen LogP) is 2.88. The van der Waals surface area contributed by atoms with E-state index in [0.717, 1.165) is 11.3 Å². The number of benzene rings is 2. The maximum Gasteiger partial charge on any atom is 0.165 e. The third kappa shape index (κ3) is 5.83. The van der Waals surface area contributed by atoms with Gasteiger partial charge in [-0.1, -0.05) is 30.3 Å². The van der Waals surface area contributed by atoms with E-state index in [1.54, 1.807) is 18.2 Å². The molecule has 0 saturated carbocycles. The molecule has 0 heterocycles. The van der Waals surface area contributed by atoms with Crippen LogP contribution in [0.3, 0.4) is 0 Å². The summed E-state index contributed by atoms with van der Waals surface area (Å²) in [6.45, 7) is 3.67. The average molecular weight is 333 g/mol. The molecule has 2 aromatic rings. The van der Waals surface area contributed by atoms with Crippen molar-refractivity contribution in [2.75, 3.05) is 33.4 Å². The molecule has 1 N–H and O–H groups in total. The number of aliphatic hydroxyl groups is 1. The van der Waals surface area contributed by atoms with Crippen LogP contribution in [0.5, 0.6) is 11.5 Å². The second-order valence-corrected chi connectivity index (χ2v) is 5.77. The van der Waals surface area contributed by atoms with Crippen molar-refractivity contribution in [1.29, 1.82) is 0 Å². The minimum Gasteiger partial charge on any atom is -0.492 e. The van der Waals surface area contributed by atoms with Crippen LogP contribution in [-0.2, 0) is 0 Å². The number of hydrogen-bond donors (Lipinski definition) is 1. The van der Waals surface area contributed by atoms with Crippen LogP contribution in [0.1, 0.15) is 5.56 Å². The van der Waals surface area contributed by atoms with E-state index in [1.807, 2.05) is 43.1 Å². The Hall–Kier alpha value is -2.11. The third-order valence-electron chi connectivity index (χ3n) is 3.61. The van der Waals surface area contributed by atoms with Crippen LogP contribution in [0.25, 0.3) is 0 Å². The normalized spacial score (nSPS) is 12.2. The number of ether oxygens (including phenoxy) is 2. The van der Waals surface area contributed by atoms with Crippen LogP contribution in [-0.4, -0.2) is 49.5 Å². The number of aryl methyl sites for hydroxylation is 1. The van der Waals surface area contributed by atoms with Crippen LogP contribution >= 0.6 is 0 Å². The quantitative estimate of drug-likeness (QED) is 0.766. The number of nitrogens with zero attached hydrogens (tertiary/aromatic N) is 1. The summed E-state index contributed by atoms with van der Waals surface area (Å²) in [6, 6.07) is 14.0. The van der Waals surface area contributed by atoms with E-state index in [0.29, 0.717) is 19.7 Å². The van der Waals surface area contributed by atoms with Gasteiger partial charge in [-0.05, 0) is 37.7 Å². The Bertz CT molecular complexity index is 636. The van der Waals surface area contributed by atoms with Crippen LogP contribution < -0.4 is 9.47 Å². The highest BCUT2D eigenvalue weighted by molar-refractivity contribution is 5.31. The molecule has 24 heavy (non-hydrogen) atoms. The van der Waals surface area contributed by atoms with Gasteiger partial charge in [-0.2, -0.15) is 0 Å². The van der Waals surface area contributed by atoms with E-state index < -0.39 is 11.9 Å². The molecule has 0 aliphatic rings. The van der Waals surface area contributed by atoms with Crippen LogP contribution in [0.4, 0.5) is 4.39 Å². The van der Waals surface area contributed by atoms with Crippen molar-refractivity contribution in [2.45, 2.75) is 13.0 Å². The van der Waals surface area contributed by atoms with E-state index in [-0.39, 0.29) is 12.4 Å². The number of likely N-dealkylation sites (N-methyl/N-ethyl adjacent to an activating group) is 1. The van der Waals surface area contributed by atoms with E-state index in [4.69, 9.17) is 9.47 Å². The molecule has 0 aliphatic heterocycles. The van der Waals surface area contributed by atoms with Crippen molar-refractivity contribution in [3.05, 3.63) is 59.9 Å². The molecule has 0 spiro atoms. The first-order chi connectivity index (χ1) is 11.6. The lowest BCUT2D eigenvalue weighted by molar-refractivity contribution is 0.0708. The highest BCUT2D eigenvalue weighted by Gasteiger charge is 2.11. The number of hydrogen-bond acceptors (Lipinski definition) is 4. The number of rotatable bonds is 9. The smallest absolute Gasteiger partial charge is 0.165 e. The molecule has 1 unspecified atom stereocenters. The molecule has 0 bridgehead atoms. The van der Waals surface area contributed by atoms with Gasteiger partial charge < -0.3 is 19.5 Å². The van der Waals surface area contributed by atoms with Gasteiger partial charge in [-0.25, -0.2) is 4.39 Å². The van der Waals surface area contributed by atoms with Crippen molar-refractivity contribution in [1.82, 2.24) is 4.90 Å². The molecule has 0 fully saturated rings. The van der Waals surface area contributed by atoms with Crippen molar-refractivity contribution in [3.8, 4) is 11.5 Å². The fourth-order valence-electron chi connectivity index (χ4n) is 2.28. The maximum absolute atomic E-state index is 13.4. The Morgan fingerprint density at radius 2 is 1.71 bits per heavy atom. The van der Waals surface area contributed by atoms with Crippen LogP contribution in [0.15, 0.2) is 48.5 Å². The molecule has 0 radical (unpaired) electrons. The Morgan fingerprint density at radius 1 is 1.04 bits per heavy atom. The summed E-state index contributed by atoms with van der Waals surface area (Å²) in [5.74, 6) is 0.598. The van der Waals surface area contributed by atoms with Gasteiger partial charge in [0.05, 0.1) is 0 Å². The Balaban J connectivity index is 1.67. The summed E-state index contributed by atoms with van der Waals surface area (Å²) in [7, 11) is 1.90. The molecular formula is C19H24FNO3. The summed E-state index contributed by atoms with van der Waals surface area (Å²) in [6.07, 6.45) is -0.701. The van der Waals surface area contributed by atoms with Crippen molar-refractivity contribution < 1.29 is 19.0 Å². The molecule has 0 aliphatic carbocycles. The minimum atomic E-state index is -0.701. The van der Waals surface area contributed by atoms with Gasteiger partial charge in [0.25, 0.3) is 0 Å². The fourth-order valence-corrected chi connectivity index (χ4v) is 2.28. The van der Waals surface area contributed by atoms with Crippen LogP contribution in [0.2, 0.25) is 0 Å². The Kier molecular flexibility index (Phi) is 7.03. The highest BCUT2D eigenvalue weighted by atomic mass is 19.1. The van der Waals surface area contributed by atoms with E-state index in [1.165, 1.54) is 6.07 Å². The van der Waals surface area contributed by atoms with Crippen molar-refractivity contribution in [2.24, 2.45) is 0 Å². The Morgan fingerprint density at radius 3 is 2.42 bits per heavy atom. The maximum atomic E-state index is 13.4. The van der Waals surface area contributed by atoms with E-state index in [2.05, 4.69) is 0 Å². The van der Waals surface area contributed by atoms with E-state index in [9.17, 15) is 9.50 Å². The molecular weight excluding hydrogens is 309 g/mol. The zero-order valence-electron chi connectivity index (χ0n) is 14.1. The molecule has 0 saturated heterocycles. The first-order valence-electron chi connectivity index (χ1n) is 7.98. The first-order valence-corrected chi connectivity index (χ1v) is 7.98. The zero-order valence-corrected chi connectivity index (χ0v) is 14.1. The largest absolute Gasteiger partial charge is 0.492 e. The first kappa shape index (κ1) is 18.2. The predicted molar refractivity (Wildman–Crippen MR) is 92.1 cm³/mol. The molecule has 4 nitrogen and oxygen atoms in total. The van der Waals surface area contributed by atoms with Crippen molar-refractivity contribution in [3.63, 3.8) is 0 Å². The molecule has 2 rings (SSSR count). The van der Waals surface area contributed by atoms with Gasteiger partial charge >= 0.3 is 0 Å². The lowest BCUT2D eigenvalue weighted by Crippen LogP contribution is -2.35. The topological polar surface area (TPSA) is 41.9 Å². The zero-order chi connectivity index (χ0) is 17.4. The van der Waals surface area contributed by atoms with Gasteiger partial charge in [0.1, 0.15) is 25.1 Å². The average Bonchev–Trinajstić information content (AvgIpc) is 2.56. The molecule has 1 atom stereocenters. The van der Waals surface area contributed by atoms with Gasteiger partial charge in [0.2, 0.25) is 0 Å². The molecule has 5 heteroatoms. The number of halogens is 1. The van der Waals surface area contributed by atoms with Crippen LogP contribution in [0, 0.1) is 12.7 Å². The molecule has 0 aromatic heterocycles. The SMILES string of the molecule is Cc1ccccc1OCCN(C)CC(O)COc1ccccc1F. The molecule has 130 valence electrons. The summed E-state index contributed by atoms with van der Waals surface area (Å²) in [5.41, 5.74) is 1.10. The fraction of sp³-hybridized carbons (Fsp3) is 0.368. The summed E-state index contributed by atoms with van der Waals surface area (Å²) in [5, 5.41) is 10.0. The minimum absolute atomic E-state index is 0.0456. The summed E-state index contributed by atoms with van der Waals surface area (Å²) < 4.78 is 24.5. The van der Waals surface area contributed by atoms with E-state index >= 15 is 0 Å². The standard InChI is InChI=1S/C19H24FNO3/c1-15-7-3-5-9-18(15)23-12-11-21(2)13-16(22)14-24-19-10-6-4-8-17(19)20/h3-10,16,22H,11-14H2,1-2H3. The number of aliphatic hydroxyl groups excluding tert-OH is 1. The van der Waals surface area contributed by atoms with Crippen molar-refractivity contribution >= 4 is 0 Å². The highest BCUT2D eigenvalue weighted by Crippen LogP contribution is 2.16. The lowest BCUT2D eigenvalue weighted by atomic mass is 10.2. The van der Waals surface area contributed by atoms with Gasteiger partial charge in [0, 0.05) is 13.1 Å². The van der Waals surface area contributed by atoms with Gasteiger partial charge in [-0.15, -0.1) is 0 Å². The molecule has 0 amide bonds. The summed E-state index contributed by atoms with van der Waals surface area (Å²) in [4.78, 5) is 1.95. The third-order valence-corrected chi connectivity index (χ3v) is 3.61. The van der Waals surface area contributed by atoms with Gasteiger partial charge in [0.15, 0.2) is 11.6 Å². The lowest BCUT2D eigenvalue weighted by Gasteiger charge is -2.21. The summed E-state index contributed by atoms with van der Waals surface area (Å²) >= 11 is 0. The van der Waals surface area contributed by atoms with Gasteiger partial charge in [-0.3, -0.25) is 0 Å². The second-order valence-electron chi connectivity index (χ2n) is 5.77. The Labute approximate surface area is 142 Å².